The van der Waals surface area contributed by atoms with Crippen molar-refractivity contribution >= 4 is 5.97 Å². The molecule has 2 aliphatic carbocycles. The molecule has 102 valence electrons. The molecule has 0 amide bonds. The Bertz CT molecular complexity index is 361. The molecule has 1 N–H and O–H groups in total. The van der Waals surface area contributed by atoms with Crippen LogP contribution in [0.4, 0.5) is 0 Å². The maximum absolute atomic E-state index is 11.2. The van der Waals surface area contributed by atoms with Gasteiger partial charge in [-0.25, -0.2) is 0 Å². The molecule has 4 atom stereocenters. The van der Waals surface area contributed by atoms with Crippen molar-refractivity contribution in [3.05, 3.63) is 11.6 Å². The Morgan fingerprint density at radius 3 is 2.89 bits per heavy atom. The first-order chi connectivity index (χ1) is 8.52. The van der Waals surface area contributed by atoms with Crippen molar-refractivity contribution in [1.29, 1.82) is 0 Å². The molecule has 0 heterocycles. The van der Waals surface area contributed by atoms with Gasteiger partial charge in [0.25, 0.3) is 0 Å². The number of aliphatic hydroxyl groups excluding tert-OH is 1. The highest BCUT2D eigenvalue weighted by Crippen LogP contribution is 2.58. The number of rotatable bonds is 2. The van der Waals surface area contributed by atoms with Gasteiger partial charge in [0.1, 0.15) is 6.10 Å². The van der Waals surface area contributed by atoms with Gasteiger partial charge >= 0.3 is 5.97 Å². The highest BCUT2D eigenvalue weighted by atomic mass is 16.5. The summed E-state index contributed by atoms with van der Waals surface area (Å²) in [4.78, 5) is 11.2. The summed E-state index contributed by atoms with van der Waals surface area (Å²) in [6.07, 6.45) is 6.36. The van der Waals surface area contributed by atoms with Gasteiger partial charge in [0, 0.05) is 25.4 Å². The number of allylic oxidation sites excluding steroid dienone is 1. The molecule has 2 rings (SSSR count). The van der Waals surface area contributed by atoms with Crippen LogP contribution in [0.3, 0.4) is 0 Å². The number of hydrogen-bond acceptors (Lipinski definition) is 3. The van der Waals surface area contributed by atoms with Gasteiger partial charge in [-0.1, -0.05) is 18.6 Å². The molecule has 0 aromatic heterocycles. The van der Waals surface area contributed by atoms with Crippen molar-refractivity contribution in [2.45, 2.75) is 52.6 Å². The third-order valence-corrected chi connectivity index (χ3v) is 4.94. The molecule has 2 fully saturated rings. The lowest BCUT2D eigenvalue weighted by atomic mass is 9.66. The van der Waals surface area contributed by atoms with Crippen LogP contribution >= 0.6 is 0 Å². The van der Waals surface area contributed by atoms with Crippen LogP contribution in [0, 0.1) is 17.3 Å². The monoisotopic (exact) mass is 252 g/mol. The predicted octanol–water partition coefficient (Wildman–Crippen LogP) is 2.68. The van der Waals surface area contributed by atoms with Gasteiger partial charge in [-0.05, 0) is 38.0 Å². The lowest BCUT2D eigenvalue weighted by molar-refractivity contribution is -0.153. The van der Waals surface area contributed by atoms with E-state index in [0.717, 1.165) is 25.7 Å². The molecule has 0 aromatic rings. The standard InChI is InChI=1S/C15H24O3/c1-4-12-11(9-16)8-13-14(18-10(2)17)6-5-7-15(12,13)3/h4,11,13-14,16H,5-9H2,1-3H3/b12-4+. The van der Waals surface area contributed by atoms with Gasteiger partial charge in [0.15, 0.2) is 0 Å². The van der Waals surface area contributed by atoms with E-state index in [1.807, 2.05) is 0 Å². The van der Waals surface area contributed by atoms with Gasteiger partial charge in [-0.3, -0.25) is 4.79 Å². The van der Waals surface area contributed by atoms with Crippen molar-refractivity contribution in [3.63, 3.8) is 0 Å². The largest absolute Gasteiger partial charge is 0.462 e. The number of esters is 1. The second-order valence-corrected chi connectivity index (χ2v) is 5.92. The topological polar surface area (TPSA) is 46.5 Å². The van der Waals surface area contributed by atoms with E-state index in [0.29, 0.717) is 5.92 Å². The summed E-state index contributed by atoms with van der Waals surface area (Å²) in [5, 5.41) is 9.55. The first kappa shape index (κ1) is 13.6. The van der Waals surface area contributed by atoms with Gasteiger partial charge in [0.2, 0.25) is 0 Å². The van der Waals surface area contributed by atoms with E-state index < -0.39 is 0 Å². The summed E-state index contributed by atoms with van der Waals surface area (Å²) in [5.41, 5.74) is 1.48. The molecule has 2 aliphatic rings. The lowest BCUT2D eigenvalue weighted by Gasteiger charge is -2.42. The molecule has 0 saturated heterocycles. The molecule has 0 aromatic carbocycles. The average Bonchev–Trinajstić information content (AvgIpc) is 2.61. The van der Waals surface area contributed by atoms with Crippen molar-refractivity contribution in [2.24, 2.45) is 17.3 Å². The Morgan fingerprint density at radius 2 is 2.33 bits per heavy atom. The van der Waals surface area contributed by atoms with Crippen LogP contribution in [-0.2, 0) is 9.53 Å². The van der Waals surface area contributed by atoms with Crippen LogP contribution in [0.2, 0.25) is 0 Å². The zero-order valence-electron chi connectivity index (χ0n) is 11.6. The van der Waals surface area contributed by atoms with Crippen molar-refractivity contribution < 1.29 is 14.6 Å². The van der Waals surface area contributed by atoms with E-state index in [1.54, 1.807) is 0 Å². The smallest absolute Gasteiger partial charge is 0.302 e. The molecular weight excluding hydrogens is 228 g/mol. The summed E-state index contributed by atoms with van der Waals surface area (Å²) in [7, 11) is 0. The first-order valence-electron chi connectivity index (χ1n) is 6.97. The van der Waals surface area contributed by atoms with E-state index in [-0.39, 0.29) is 30.0 Å². The van der Waals surface area contributed by atoms with Gasteiger partial charge in [-0.2, -0.15) is 0 Å². The number of carbonyl (C=O) groups is 1. The fourth-order valence-electron chi connectivity index (χ4n) is 4.23. The molecule has 0 radical (unpaired) electrons. The molecule has 18 heavy (non-hydrogen) atoms. The molecule has 0 aliphatic heterocycles. The van der Waals surface area contributed by atoms with Crippen molar-refractivity contribution in [2.75, 3.05) is 6.61 Å². The Labute approximate surface area is 109 Å². The first-order valence-corrected chi connectivity index (χ1v) is 6.97. The van der Waals surface area contributed by atoms with E-state index in [2.05, 4.69) is 19.9 Å². The normalized spacial score (nSPS) is 41.8. The Morgan fingerprint density at radius 1 is 1.61 bits per heavy atom. The quantitative estimate of drug-likeness (QED) is 0.607. The summed E-state index contributed by atoms with van der Waals surface area (Å²) >= 11 is 0. The van der Waals surface area contributed by atoms with Gasteiger partial charge in [-0.15, -0.1) is 0 Å². The Balaban J connectivity index is 2.27. The third kappa shape index (κ3) is 2.09. The summed E-state index contributed by atoms with van der Waals surface area (Å²) in [6.45, 7) is 6.03. The van der Waals surface area contributed by atoms with E-state index in [1.165, 1.54) is 12.5 Å². The van der Waals surface area contributed by atoms with Crippen LogP contribution in [0.25, 0.3) is 0 Å². The van der Waals surface area contributed by atoms with Gasteiger partial charge < -0.3 is 9.84 Å². The highest BCUT2D eigenvalue weighted by molar-refractivity contribution is 5.66. The highest BCUT2D eigenvalue weighted by Gasteiger charge is 2.52. The zero-order valence-corrected chi connectivity index (χ0v) is 11.6. The summed E-state index contributed by atoms with van der Waals surface area (Å²) < 4.78 is 5.51. The fourth-order valence-corrected chi connectivity index (χ4v) is 4.23. The number of ether oxygens (including phenoxy) is 1. The zero-order chi connectivity index (χ0) is 13.3. The molecule has 0 bridgehead atoms. The van der Waals surface area contributed by atoms with Gasteiger partial charge in [0.05, 0.1) is 0 Å². The Kier molecular flexibility index (Phi) is 3.81. The maximum atomic E-state index is 11.2. The lowest BCUT2D eigenvalue weighted by Crippen LogP contribution is -2.39. The second kappa shape index (κ2) is 5.04. The van der Waals surface area contributed by atoms with Crippen LogP contribution in [0.5, 0.6) is 0 Å². The predicted molar refractivity (Wildman–Crippen MR) is 70.0 cm³/mol. The summed E-state index contributed by atoms with van der Waals surface area (Å²) in [6, 6.07) is 0. The van der Waals surface area contributed by atoms with Crippen LogP contribution in [0.1, 0.15) is 46.5 Å². The SMILES string of the molecule is C/C=C1\C(CO)CC2C(OC(C)=O)CCCC12C. The van der Waals surface area contributed by atoms with E-state index >= 15 is 0 Å². The molecule has 2 saturated carbocycles. The Hall–Kier alpha value is -0.830. The molecule has 4 unspecified atom stereocenters. The molecular formula is C15H24O3. The summed E-state index contributed by atoms with van der Waals surface area (Å²) in [5.74, 6) is 0.443. The number of hydrogen-bond donors (Lipinski definition) is 1. The fraction of sp³-hybridized carbons (Fsp3) is 0.800. The molecule has 0 spiro atoms. The van der Waals surface area contributed by atoms with Crippen LogP contribution in [-0.4, -0.2) is 23.8 Å². The van der Waals surface area contributed by atoms with E-state index in [9.17, 15) is 9.90 Å². The van der Waals surface area contributed by atoms with Crippen molar-refractivity contribution in [1.82, 2.24) is 0 Å². The molecule has 3 heteroatoms. The maximum Gasteiger partial charge on any atom is 0.302 e. The minimum absolute atomic E-state index is 0.0350. The van der Waals surface area contributed by atoms with Crippen LogP contribution < -0.4 is 0 Å². The second-order valence-electron chi connectivity index (χ2n) is 5.92. The molecule has 3 nitrogen and oxygen atoms in total. The number of carbonyl (C=O) groups excluding carboxylic acids is 1. The average molecular weight is 252 g/mol. The third-order valence-electron chi connectivity index (χ3n) is 4.94. The van der Waals surface area contributed by atoms with Crippen molar-refractivity contribution in [3.8, 4) is 0 Å². The van der Waals surface area contributed by atoms with Crippen LogP contribution in [0.15, 0.2) is 11.6 Å². The number of fused-ring (bicyclic) bond motifs is 1. The minimum Gasteiger partial charge on any atom is -0.462 e. The van der Waals surface area contributed by atoms with E-state index in [4.69, 9.17) is 4.74 Å². The minimum atomic E-state index is -0.182. The number of aliphatic hydroxyl groups is 1.